The summed E-state index contributed by atoms with van der Waals surface area (Å²) in [4.78, 5) is 25.2. The van der Waals surface area contributed by atoms with E-state index in [9.17, 15) is 9.59 Å². The van der Waals surface area contributed by atoms with Crippen LogP contribution in [-0.4, -0.2) is 41.1 Å². The Kier molecular flexibility index (Phi) is 6.37. The lowest BCUT2D eigenvalue weighted by atomic mass is 10.1. The maximum Gasteiger partial charge on any atom is 0.341 e. The number of likely N-dealkylation sites (N-methyl/N-ethyl adjacent to an activating group) is 1. The number of carboxylic acid groups (broad SMARTS) is 1. The molecule has 0 spiro atoms. The number of aliphatic carboxylic acids is 1. The van der Waals surface area contributed by atoms with Gasteiger partial charge in [-0.25, -0.2) is 4.79 Å². The predicted molar refractivity (Wildman–Crippen MR) is 93.8 cm³/mol. The summed E-state index contributed by atoms with van der Waals surface area (Å²) >= 11 is 1.65. The van der Waals surface area contributed by atoms with Crippen LogP contribution in [0.3, 0.4) is 0 Å². The van der Waals surface area contributed by atoms with Gasteiger partial charge in [0.15, 0.2) is 6.61 Å². The van der Waals surface area contributed by atoms with E-state index < -0.39 is 12.6 Å². The van der Waals surface area contributed by atoms with Crippen LogP contribution < -0.4 is 4.74 Å². The van der Waals surface area contributed by atoms with Gasteiger partial charge in [-0.1, -0.05) is 6.07 Å². The van der Waals surface area contributed by atoms with Crippen LogP contribution in [0.2, 0.25) is 0 Å². The van der Waals surface area contributed by atoms with Gasteiger partial charge in [-0.15, -0.1) is 0 Å². The number of nitrogens with zero attached hydrogens (tertiary/aromatic N) is 1. The van der Waals surface area contributed by atoms with Gasteiger partial charge in [0.1, 0.15) is 5.75 Å². The summed E-state index contributed by atoms with van der Waals surface area (Å²) in [5, 5.41) is 12.8. The van der Waals surface area contributed by atoms with Crippen molar-refractivity contribution in [3.63, 3.8) is 0 Å². The molecule has 1 unspecified atom stereocenters. The Balaban J connectivity index is 2.09. The first kappa shape index (κ1) is 18.0. The zero-order valence-electron chi connectivity index (χ0n) is 13.8. The van der Waals surface area contributed by atoms with Gasteiger partial charge in [0.05, 0.1) is 0 Å². The van der Waals surface area contributed by atoms with Gasteiger partial charge in [0.2, 0.25) is 0 Å². The molecular formula is C18H21NO4S. The first-order valence-electron chi connectivity index (χ1n) is 7.78. The van der Waals surface area contributed by atoms with Crippen LogP contribution in [0, 0.1) is 0 Å². The van der Waals surface area contributed by atoms with Crippen molar-refractivity contribution in [2.24, 2.45) is 0 Å². The van der Waals surface area contributed by atoms with Crippen molar-refractivity contribution >= 4 is 23.2 Å². The Bertz CT molecular complexity index is 684. The third-order valence-corrected chi connectivity index (χ3v) is 4.42. The van der Waals surface area contributed by atoms with Crippen molar-refractivity contribution < 1.29 is 19.4 Å². The van der Waals surface area contributed by atoms with Gasteiger partial charge in [0, 0.05) is 18.2 Å². The lowest BCUT2D eigenvalue weighted by molar-refractivity contribution is -0.139. The van der Waals surface area contributed by atoms with Gasteiger partial charge in [-0.2, -0.15) is 11.3 Å². The third-order valence-electron chi connectivity index (χ3n) is 3.69. The average molecular weight is 347 g/mol. The number of amides is 1. The van der Waals surface area contributed by atoms with Crippen molar-refractivity contribution in [2.75, 3.05) is 13.2 Å². The Morgan fingerprint density at radius 3 is 2.75 bits per heavy atom. The number of carbonyl (C=O) groups is 2. The minimum absolute atomic E-state index is 0.0701. The molecule has 1 atom stereocenters. The highest BCUT2D eigenvalue weighted by Gasteiger charge is 2.20. The number of carbonyl (C=O) groups excluding carboxylic acids is 1. The van der Waals surface area contributed by atoms with E-state index in [0.29, 0.717) is 17.9 Å². The molecular weight excluding hydrogens is 326 g/mol. The summed E-state index contributed by atoms with van der Waals surface area (Å²) in [6.45, 7) is 4.16. The maximum absolute atomic E-state index is 12.8. The lowest BCUT2D eigenvalue weighted by Gasteiger charge is -2.28. The summed E-state index contributed by atoms with van der Waals surface area (Å²) in [5.74, 6) is -0.753. The molecule has 0 saturated carbocycles. The van der Waals surface area contributed by atoms with Gasteiger partial charge in [-0.05, 0) is 60.9 Å². The molecule has 1 heterocycles. The Hall–Kier alpha value is -2.34. The standard InChI is InChI=1S/C18H21NO4S/c1-3-19(13(2)9-14-7-8-24-12-14)18(22)15-5-4-6-16(10-15)23-11-17(20)21/h4-8,10,12-13H,3,9,11H2,1-2H3,(H,20,21). The molecule has 1 aromatic carbocycles. The minimum Gasteiger partial charge on any atom is -0.482 e. The molecule has 0 bridgehead atoms. The van der Waals surface area contributed by atoms with Crippen molar-refractivity contribution in [3.05, 3.63) is 52.2 Å². The monoisotopic (exact) mass is 347 g/mol. The molecule has 1 aromatic heterocycles. The van der Waals surface area contributed by atoms with E-state index in [0.717, 1.165) is 6.42 Å². The third kappa shape index (κ3) is 4.83. The molecule has 2 rings (SSSR count). The maximum atomic E-state index is 12.8. The highest BCUT2D eigenvalue weighted by Crippen LogP contribution is 2.18. The number of hydrogen-bond donors (Lipinski definition) is 1. The minimum atomic E-state index is -1.05. The van der Waals surface area contributed by atoms with Gasteiger partial charge < -0.3 is 14.7 Å². The molecule has 0 aliphatic rings. The summed E-state index contributed by atoms with van der Waals surface area (Å²) in [6.07, 6.45) is 0.804. The molecule has 128 valence electrons. The van der Waals surface area contributed by atoms with Crippen LogP contribution in [0.4, 0.5) is 0 Å². The molecule has 1 amide bonds. The highest BCUT2D eigenvalue weighted by atomic mass is 32.1. The number of thiophene rings is 1. The fraction of sp³-hybridized carbons (Fsp3) is 0.333. The zero-order valence-corrected chi connectivity index (χ0v) is 14.6. The van der Waals surface area contributed by atoms with Crippen molar-refractivity contribution in [1.29, 1.82) is 0 Å². The summed E-state index contributed by atoms with van der Waals surface area (Å²) in [5.41, 5.74) is 1.72. The lowest BCUT2D eigenvalue weighted by Crippen LogP contribution is -2.39. The molecule has 0 aliphatic heterocycles. The Morgan fingerprint density at radius 1 is 1.33 bits per heavy atom. The van der Waals surface area contributed by atoms with Crippen LogP contribution in [0.1, 0.15) is 29.8 Å². The van der Waals surface area contributed by atoms with E-state index in [-0.39, 0.29) is 11.9 Å². The van der Waals surface area contributed by atoms with E-state index in [1.165, 1.54) is 5.56 Å². The van der Waals surface area contributed by atoms with Gasteiger partial charge in [-0.3, -0.25) is 4.79 Å². The molecule has 0 saturated heterocycles. The van der Waals surface area contributed by atoms with E-state index in [2.05, 4.69) is 11.4 Å². The summed E-state index contributed by atoms with van der Waals surface area (Å²) < 4.78 is 5.15. The molecule has 0 fully saturated rings. The van der Waals surface area contributed by atoms with Crippen molar-refractivity contribution in [2.45, 2.75) is 26.3 Å². The first-order chi connectivity index (χ1) is 11.5. The van der Waals surface area contributed by atoms with Crippen molar-refractivity contribution in [3.8, 4) is 5.75 Å². The second-order valence-corrected chi connectivity index (χ2v) is 6.27. The SMILES string of the molecule is CCN(C(=O)c1cccc(OCC(=O)O)c1)C(C)Cc1ccsc1. The molecule has 2 aromatic rings. The van der Waals surface area contributed by atoms with Crippen LogP contribution in [-0.2, 0) is 11.2 Å². The number of benzene rings is 1. The molecule has 6 heteroatoms. The number of rotatable bonds is 8. The molecule has 0 radical (unpaired) electrons. The summed E-state index contributed by atoms with van der Waals surface area (Å²) in [6, 6.07) is 8.79. The predicted octanol–water partition coefficient (Wildman–Crippen LogP) is 3.30. The number of carboxylic acids is 1. The topological polar surface area (TPSA) is 66.8 Å². The highest BCUT2D eigenvalue weighted by molar-refractivity contribution is 7.07. The van der Waals surface area contributed by atoms with E-state index in [4.69, 9.17) is 9.84 Å². The van der Waals surface area contributed by atoms with Gasteiger partial charge >= 0.3 is 5.97 Å². The molecule has 0 aliphatic carbocycles. The van der Waals surface area contributed by atoms with Crippen LogP contribution in [0.25, 0.3) is 0 Å². The van der Waals surface area contributed by atoms with E-state index in [1.807, 2.05) is 24.1 Å². The second kappa shape index (κ2) is 8.49. The summed E-state index contributed by atoms with van der Waals surface area (Å²) in [7, 11) is 0. The molecule has 5 nitrogen and oxygen atoms in total. The van der Waals surface area contributed by atoms with E-state index >= 15 is 0 Å². The quantitative estimate of drug-likeness (QED) is 0.795. The van der Waals surface area contributed by atoms with Crippen LogP contribution in [0.5, 0.6) is 5.75 Å². The van der Waals surface area contributed by atoms with Crippen LogP contribution in [0.15, 0.2) is 41.1 Å². The average Bonchev–Trinajstić information content (AvgIpc) is 3.06. The fourth-order valence-electron chi connectivity index (χ4n) is 2.55. The van der Waals surface area contributed by atoms with Gasteiger partial charge in [0.25, 0.3) is 5.91 Å². The van der Waals surface area contributed by atoms with Crippen molar-refractivity contribution in [1.82, 2.24) is 4.90 Å². The largest absolute Gasteiger partial charge is 0.482 e. The molecule has 1 N–H and O–H groups in total. The normalized spacial score (nSPS) is 11.8. The molecule has 24 heavy (non-hydrogen) atoms. The Labute approximate surface area is 145 Å². The second-order valence-electron chi connectivity index (χ2n) is 5.49. The number of ether oxygens (including phenoxy) is 1. The van der Waals surface area contributed by atoms with E-state index in [1.54, 1.807) is 35.6 Å². The first-order valence-corrected chi connectivity index (χ1v) is 8.72. The smallest absolute Gasteiger partial charge is 0.341 e. The van der Waals surface area contributed by atoms with Crippen LogP contribution >= 0.6 is 11.3 Å². The Morgan fingerprint density at radius 2 is 2.12 bits per heavy atom. The zero-order chi connectivity index (χ0) is 17.5. The fourth-order valence-corrected chi connectivity index (χ4v) is 3.23. The number of hydrogen-bond acceptors (Lipinski definition) is 4.